The second kappa shape index (κ2) is 5.49. The van der Waals surface area contributed by atoms with E-state index in [9.17, 15) is 4.79 Å². The Labute approximate surface area is 115 Å². The number of fused-ring (bicyclic) bond motifs is 1. The molecule has 1 heterocycles. The molecule has 0 spiro atoms. The SMILES string of the molecule is CCCCNCc1cc2c(n(C3CC3)c1=O)CCC2. The summed E-state index contributed by atoms with van der Waals surface area (Å²) < 4.78 is 2.12. The van der Waals surface area contributed by atoms with Crippen molar-refractivity contribution in [2.75, 3.05) is 6.54 Å². The van der Waals surface area contributed by atoms with E-state index >= 15 is 0 Å². The molecule has 0 atom stereocenters. The average Bonchev–Trinajstić information content (AvgIpc) is 3.13. The molecule has 2 aliphatic rings. The lowest BCUT2D eigenvalue weighted by molar-refractivity contribution is 0.615. The lowest BCUT2D eigenvalue weighted by Gasteiger charge is -2.14. The molecule has 104 valence electrons. The number of aryl methyl sites for hydroxylation is 1. The van der Waals surface area contributed by atoms with Crippen LogP contribution in [-0.4, -0.2) is 11.1 Å². The first-order valence-electron chi connectivity index (χ1n) is 7.78. The fraction of sp³-hybridized carbons (Fsp3) is 0.688. The first-order chi connectivity index (χ1) is 9.31. The van der Waals surface area contributed by atoms with Gasteiger partial charge in [0.25, 0.3) is 5.56 Å². The summed E-state index contributed by atoms with van der Waals surface area (Å²) in [6.07, 6.45) is 8.24. The molecule has 0 aliphatic heterocycles. The smallest absolute Gasteiger partial charge is 0.255 e. The number of aromatic nitrogens is 1. The molecule has 1 aromatic heterocycles. The van der Waals surface area contributed by atoms with Gasteiger partial charge in [0.1, 0.15) is 0 Å². The quantitative estimate of drug-likeness (QED) is 0.798. The zero-order chi connectivity index (χ0) is 13.2. The summed E-state index contributed by atoms with van der Waals surface area (Å²) in [5, 5.41) is 3.41. The molecule has 0 radical (unpaired) electrons. The van der Waals surface area contributed by atoms with Gasteiger partial charge in [0.15, 0.2) is 0 Å². The highest BCUT2D eigenvalue weighted by Gasteiger charge is 2.30. The van der Waals surface area contributed by atoms with Gasteiger partial charge in [0, 0.05) is 23.8 Å². The summed E-state index contributed by atoms with van der Waals surface area (Å²) >= 11 is 0. The minimum absolute atomic E-state index is 0.271. The molecule has 0 aromatic carbocycles. The maximum absolute atomic E-state index is 12.6. The van der Waals surface area contributed by atoms with Gasteiger partial charge in [-0.05, 0) is 56.7 Å². The second-order valence-electron chi connectivity index (χ2n) is 5.93. The molecule has 1 N–H and O–H groups in total. The molecule has 19 heavy (non-hydrogen) atoms. The molecule has 1 fully saturated rings. The fourth-order valence-corrected chi connectivity index (χ4v) is 3.10. The Hall–Kier alpha value is -1.09. The van der Waals surface area contributed by atoms with Gasteiger partial charge in [-0.2, -0.15) is 0 Å². The van der Waals surface area contributed by atoms with Crippen LogP contribution in [0.1, 0.15) is 61.9 Å². The van der Waals surface area contributed by atoms with Crippen LogP contribution in [0.3, 0.4) is 0 Å². The van der Waals surface area contributed by atoms with Crippen LogP contribution in [0.4, 0.5) is 0 Å². The molecule has 3 nitrogen and oxygen atoms in total. The third kappa shape index (κ3) is 2.62. The van der Waals surface area contributed by atoms with E-state index < -0.39 is 0 Å². The summed E-state index contributed by atoms with van der Waals surface area (Å²) in [6.45, 7) is 3.94. The summed E-state index contributed by atoms with van der Waals surface area (Å²) in [6, 6.07) is 2.68. The molecule has 2 aliphatic carbocycles. The number of hydrogen-bond donors (Lipinski definition) is 1. The predicted molar refractivity (Wildman–Crippen MR) is 77.6 cm³/mol. The average molecular weight is 260 g/mol. The monoisotopic (exact) mass is 260 g/mol. The number of hydrogen-bond acceptors (Lipinski definition) is 2. The van der Waals surface area contributed by atoms with Crippen molar-refractivity contribution >= 4 is 0 Å². The lowest BCUT2D eigenvalue weighted by Crippen LogP contribution is -2.29. The molecule has 1 saturated carbocycles. The van der Waals surface area contributed by atoms with Crippen molar-refractivity contribution in [1.29, 1.82) is 0 Å². The molecule has 1 aromatic rings. The van der Waals surface area contributed by atoms with E-state index in [2.05, 4.69) is 22.9 Å². The molecule has 0 amide bonds. The topological polar surface area (TPSA) is 34.0 Å². The van der Waals surface area contributed by atoms with Crippen LogP contribution >= 0.6 is 0 Å². The van der Waals surface area contributed by atoms with Gasteiger partial charge in [0.2, 0.25) is 0 Å². The van der Waals surface area contributed by atoms with Gasteiger partial charge in [0.05, 0.1) is 0 Å². The van der Waals surface area contributed by atoms with Gasteiger partial charge in [-0.1, -0.05) is 13.3 Å². The van der Waals surface area contributed by atoms with Gasteiger partial charge in [-0.25, -0.2) is 0 Å². The van der Waals surface area contributed by atoms with Crippen LogP contribution in [-0.2, 0) is 19.4 Å². The number of nitrogens with one attached hydrogen (secondary N) is 1. The Morgan fingerprint density at radius 2 is 2.21 bits per heavy atom. The molecule has 3 rings (SSSR count). The standard InChI is InChI=1S/C16H24N2O/c1-2-3-9-17-11-13-10-12-5-4-6-15(12)18(16(13)19)14-7-8-14/h10,14,17H,2-9,11H2,1H3. The Balaban J connectivity index is 1.84. The Bertz CT molecular complexity index is 514. The normalized spacial score (nSPS) is 17.7. The maximum Gasteiger partial charge on any atom is 0.255 e. The van der Waals surface area contributed by atoms with Crippen LogP contribution in [0, 0.1) is 0 Å². The molecule has 0 bridgehead atoms. The van der Waals surface area contributed by atoms with E-state index in [0.717, 1.165) is 31.5 Å². The minimum atomic E-state index is 0.271. The highest BCUT2D eigenvalue weighted by atomic mass is 16.1. The molecular weight excluding hydrogens is 236 g/mol. The zero-order valence-corrected chi connectivity index (χ0v) is 11.9. The van der Waals surface area contributed by atoms with Gasteiger partial charge in [-0.3, -0.25) is 4.79 Å². The van der Waals surface area contributed by atoms with Crippen molar-refractivity contribution < 1.29 is 0 Å². The fourth-order valence-electron chi connectivity index (χ4n) is 3.10. The van der Waals surface area contributed by atoms with Crippen molar-refractivity contribution in [3.8, 4) is 0 Å². The van der Waals surface area contributed by atoms with Gasteiger partial charge in [-0.15, -0.1) is 0 Å². The maximum atomic E-state index is 12.6. The third-order valence-corrected chi connectivity index (χ3v) is 4.30. The van der Waals surface area contributed by atoms with Crippen LogP contribution in [0.2, 0.25) is 0 Å². The minimum Gasteiger partial charge on any atom is -0.312 e. The third-order valence-electron chi connectivity index (χ3n) is 4.30. The van der Waals surface area contributed by atoms with Gasteiger partial charge < -0.3 is 9.88 Å². The molecule has 0 unspecified atom stereocenters. The van der Waals surface area contributed by atoms with Crippen LogP contribution in [0.5, 0.6) is 0 Å². The number of nitrogens with zero attached hydrogens (tertiary/aromatic N) is 1. The van der Waals surface area contributed by atoms with Crippen molar-refractivity contribution in [3.05, 3.63) is 33.2 Å². The van der Waals surface area contributed by atoms with Crippen LogP contribution in [0.25, 0.3) is 0 Å². The van der Waals surface area contributed by atoms with Crippen molar-refractivity contribution in [2.24, 2.45) is 0 Å². The number of unbranched alkanes of at least 4 members (excludes halogenated alkanes) is 1. The van der Waals surface area contributed by atoms with E-state index in [-0.39, 0.29) is 5.56 Å². The van der Waals surface area contributed by atoms with Gasteiger partial charge >= 0.3 is 0 Å². The lowest BCUT2D eigenvalue weighted by atomic mass is 10.1. The highest BCUT2D eigenvalue weighted by molar-refractivity contribution is 5.31. The molecular formula is C16H24N2O. The van der Waals surface area contributed by atoms with E-state index in [0.29, 0.717) is 6.04 Å². The molecule has 0 saturated heterocycles. The summed E-state index contributed by atoms with van der Waals surface area (Å²) in [5.41, 5.74) is 4.01. The predicted octanol–water partition coefficient (Wildman–Crippen LogP) is 2.56. The zero-order valence-electron chi connectivity index (χ0n) is 11.9. The van der Waals surface area contributed by atoms with E-state index in [4.69, 9.17) is 0 Å². The van der Waals surface area contributed by atoms with E-state index in [1.54, 1.807) is 0 Å². The van der Waals surface area contributed by atoms with Crippen molar-refractivity contribution in [2.45, 2.75) is 64.5 Å². The molecule has 3 heteroatoms. The summed E-state index contributed by atoms with van der Waals surface area (Å²) in [7, 11) is 0. The van der Waals surface area contributed by atoms with Crippen molar-refractivity contribution in [3.63, 3.8) is 0 Å². The summed E-state index contributed by atoms with van der Waals surface area (Å²) in [5.74, 6) is 0. The van der Waals surface area contributed by atoms with Crippen LogP contribution < -0.4 is 10.9 Å². The first kappa shape index (κ1) is 12.9. The Morgan fingerprint density at radius 1 is 1.37 bits per heavy atom. The summed E-state index contributed by atoms with van der Waals surface area (Å²) in [4.78, 5) is 12.6. The largest absolute Gasteiger partial charge is 0.312 e. The van der Waals surface area contributed by atoms with Crippen molar-refractivity contribution in [1.82, 2.24) is 9.88 Å². The number of pyridine rings is 1. The number of rotatable bonds is 6. The Morgan fingerprint density at radius 3 is 2.95 bits per heavy atom. The van der Waals surface area contributed by atoms with E-state index in [1.807, 2.05) is 0 Å². The van der Waals surface area contributed by atoms with E-state index in [1.165, 1.54) is 43.4 Å². The van der Waals surface area contributed by atoms with Crippen LogP contribution in [0.15, 0.2) is 10.9 Å². The highest BCUT2D eigenvalue weighted by Crippen LogP contribution is 2.37. The second-order valence-corrected chi connectivity index (χ2v) is 5.93. The Kier molecular flexibility index (Phi) is 3.74. The first-order valence-corrected chi connectivity index (χ1v) is 7.78.